The van der Waals surface area contributed by atoms with Gasteiger partial charge in [-0.25, -0.2) is 0 Å². The molecule has 0 fully saturated rings. The van der Waals surface area contributed by atoms with Crippen LogP contribution in [0, 0.1) is 0 Å². The Morgan fingerprint density at radius 2 is 1.59 bits per heavy atom. The predicted octanol–water partition coefficient (Wildman–Crippen LogP) is 3.72. The largest absolute Gasteiger partial charge is 0.390 e. The van der Waals surface area contributed by atoms with Gasteiger partial charge in [0.1, 0.15) is 0 Å². The molecular weight excluding hydrogens is 336 g/mol. The summed E-state index contributed by atoms with van der Waals surface area (Å²) in [4.78, 5) is 16.8. The van der Waals surface area contributed by atoms with Gasteiger partial charge < -0.3 is 14.9 Å². The minimum absolute atomic E-state index is 0.0137. The molecule has 4 nitrogen and oxygen atoms in total. The highest BCUT2D eigenvalue weighted by molar-refractivity contribution is 5.94. The Morgan fingerprint density at radius 1 is 0.963 bits per heavy atom. The van der Waals surface area contributed by atoms with Gasteiger partial charge in [-0.05, 0) is 69.6 Å². The Bertz CT molecular complexity index is 763. The molecule has 0 saturated carbocycles. The molecule has 0 aliphatic heterocycles. The van der Waals surface area contributed by atoms with E-state index in [1.54, 1.807) is 18.7 Å². The van der Waals surface area contributed by atoms with Crippen LogP contribution in [-0.2, 0) is 19.5 Å². The second kappa shape index (κ2) is 9.16. The number of aryl methyl sites for hydroxylation is 1. The van der Waals surface area contributed by atoms with Gasteiger partial charge in [-0.3, -0.25) is 4.79 Å². The highest BCUT2D eigenvalue weighted by Crippen LogP contribution is 2.17. The van der Waals surface area contributed by atoms with Crippen molar-refractivity contribution in [2.75, 3.05) is 21.1 Å². The minimum atomic E-state index is -0.701. The first kappa shape index (κ1) is 21.1. The molecule has 146 valence electrons. The number of aliphatic hydroxyl groups is 1. The lowest BCUT2D eigenvalue weighted by molar-refractivity contribution is 0.0714. The van der Waals surface area contributed by atoms with E-state index in [4.69, 9.17) is 0 Å². The van der Waals surface area contributed by atoms with Crippen LogP contribution in [0.4, 0.5) is 0 Å². The zero-order chi connectivity index (χ0) is 20.0. The smallest absolute Gasteiger partial charge is 0.253 e. The summed E-state index contributed by atoms with van der Waals surface area (Å²) in [6.45, 7) is 5.04. The molecule has 1 N–H and O–H groups in total. The predicted molar refractivity (Wildman–Crippen MR) is 111 cm³/mol. The molecule has 2 aromatic carbocycles. The lowest BCUT2D eigenvalue weighted by Crippen LogP contribution is -2.27. The Labute approximate surface area is 163 Å². The molecule has 0 heterocycles. The zero-order valence-corrected chi connectivity index (χ0v) is 17.2. The van der Waals surface area contributed by atoms with E-state index in [0.717, 1.165) is 18.5 Å². The van der Waals surface area contributed by atoms with E-state index < -0.39 is 5.60 Å². The van der Waals surface area contributed by atoms with Gasteiger partial charge in [-0.1, -0.05) is 36.4 Å². The normalized spacial score (nSPS) is 11.7. The first-order valence-corrected chi connectivity index (χ1v) is 9.44. The van der Waals surface area contributed by atoms with Crippen LogP contribution in [0.25, 0.3) is 0 Å². The molecule has 2 rings (SSSR count). The summed E-state index contributed by atoms with van der Waals surface area (Å²) in [6.07, 6.45) is 1.42. The van der Waals surface area contributed by atoms with Crippen molar-refractivity contribution in [1.82, 2.24) is 9.80 Å². The van der Waals surface area contributed by atoms with Crippen molar-refractivity contribution in [2.24, 2.45) is 0 Å². The summed E-state index contributed by atoms with van der Waals surface area (Å²) >= 11 is 0. The van der Waals surface area contributed by atoms with Gasteiger partial charge in [0, 0.05) is 25.7 Å². The number of hydrogen-bond acceptors (Lipinski definition) is 3. The molecule has 0 aromatic heterocycles. The summed E-state index contributed by atoms with van der Waals surface area (Å²) < 4.78 is 0. The average molecular weight is 369 g/mol. The fourth-order valence-corrected chi connectivity index (χ4v) is 3.06. The maximum Gasteiger partial charge on any atom is 0.253 e. The quantitative estimate of drug-likeness (QED) is 0.772. The number of carbonyl (C=O) groups is 1. The number of benzene rings is 2. The number of hydrogen-bond donors (Lipinski definition) is 1. The molecule has 27 heavy (non-hydrogen) atoms. The Hall–Kier alpha value is -2.17. The van der Waals surface area contributed by atoms with Crippen LogP contribution in [0.15, 0.2) is 48.5 Å². The molecule has 0 aliphatic rings. The van der Waals surface area contributed by atoms with Crippen molar-refractivity contribution in [3.8, 4) is 0 Å². The van der Waals surface area contributed by atoms with Crippen molar-refractivity contribution in [3.05, 3.63) is 70.8 Å². The second-order valence-electron chi connectivity index (χ2n) is 8.18. The highest BCUT2D eigenvalue weighted by atomic mass is 16.3. The van der Waals surface area contributed by atoms with Crippen LogP contribution in [-0.4, -0.2) is 47.6 Å². The maximum absolute atomic E-state index is 12.9. The fraction of sp³-hybridized carbons (Fsp3) is 0.435. The molecule has 1 amide bonds. The standard InChI is InChI=1S/C23H32N2O2/c1-23(2,27)14-13-18-9-8-12-19(15-18)22(26)25(5)17-21-11-7-6-10-20(21)16-24(3)4/h6-12,15,27H,13-14,16-17H2,1-5H3. The third-order valence-corrected chi connectivity index (χ3v) is 4.56. The first-order chi connectivity index (χ1) is 12.7. The third kappa shape index (κ3) is 6.81. The van der Waals surface area contributed by atoms with Gasteiger partial charge in [0.2, 0.25) is 0 Å². The molecule has 0 unspecified atom stereocenters. The average Bonchev–Trinajstić information content (AvgIpc) is 2.60. The Balaban J connectivity index is 2.10. The molecule has 0 spiro atoms. The SMILES string of the molecule is CN(C)Cc1ccccc1CN(C)C(=O)c1cccc(CCC(C)(C)O)c1. The number of rotatable bonds is 8. The molecule has 0 saturated heterocycles. The lowest BCUT2D eigenvalue weighted by atomic mass is 9.97. The van der Waals surface area contributed by atoms with Crippen molar-refractivity contribution in [1.29, 1.82) is 0 Å². The molecule has 0 bridgehead atoms. The molecular formula is C23H32N2O2. The van der Waals surface area contributed by atoms with Crippen LogP contribution in [0.5, 0.6) is 0 Å². The fourth-order valence-electron chi connectivity index (χ4n) is 3.06. The molecule has 2 aromatic rings. The van der Waals surface area contributed by atoms with Crippen LogP contribution in [0.3, 0.4) is 0 Å². The second-order valence-corrected chi connectivity index (χ2v) is 8.18. The van der Waals surface area contributed by atoms with E-state index in [1.807, 2.05) is 57.5 Å². The van der Waals surface area contributed by atoms with Gasteiger partial charge in [0.05, 0.1) is 5.60 Å². The monoisotopic (exact) mass is 368 g/mol. The van der Waals surface area contributed by atoms with Crippen LogP contribution in [0.2, 0.25) is 0 Å². The Morgan fingerprint density at radius 3 is 2.19 bits per heavy atom. The molecule has 4 heteroatoms. The van der Waals surface area contributed by atoms with E-state index >= 15 is 0 Å². The van der Waals surface area contributed by atoms with Crippen LogP contribution < -0.4 is 0 Å². The first-order valence-electron chi connectivity index (χ1n) is 9.44. The van der Waals surface area contributed by atoms with E-state index in [0.29, 0.717) is 18.5 Å². The van der Waals surface area contributed by atoms with Gasteiger partial charge in [0.25, 0.3) is 5.91 Å². The molecule has 0 aliphatic carbocycles. The van der Waals surface area contributed by atoms with E-state index in [1.165, 1.54) is 11.1 Å². The van der Waals surface area contributed by atoms with Crippen LogP contribution >= 0.6 is 0 Å². The van der Waals surface area contributed by atoms with E-state index in [-0.39, 0.29) is 5.91 Å². The van der Waals surface area contributed by atoms with Crippen molar-refractivity contribution in [3.63, 3.8) is 0 Å². The lowest BCUT2D eigenvalue weighted by Gasteiger charge is -2.21. The summed E-state index contributed by atoms with van der Waals surface area (Å²) in [6, 6.07) is 16.0. The van der Waals surface area contributed by atoms with Crippen molar-refractivity contribution < 1.29 is 9.90 Å². The number of amides is 1. The van der Waals surface area contributed by atoms with Crippen molar-refractivity contribution in [2.45, 2.75) is 45.4 Å². The Kier molecular flexibility index (Phi) is 7.17. The zero-order valence-electron chi connectivity index (χ0n) is 17.2. The maximum atomic E-state index is 12.9. The molecule has 0 radical (unpaired) electrons. The van der Waals surface area contributed by atoms with Gasteiger partial charge >= 0.3 is 0 Å². The highest BCUT2D eigenvalue weighted by Gasteiger charge is 2.16. The van der Waals surface area contributed by atoms with E-state index in [9.17, 15) is 9.90 Å². The topological polar surface area (TPSA) is 43.8 Å². The van der Waals surface area contributed by atoms with Gasteiger partial charge in [-0.2, -0.15) is 0 Å². The summed E-state index contributed by atoms with van der Waals surface area (Å²) in [5.74, 6) is 0.0137. The summed E-state index contributed by atoms with van der Waals surface area (Å²) in [5, 5.41) is 9.92. The third-order valence-electron chi connectivity index (χ3n) is 4.56. The van der Waals surface area contributed by atoms with Gasteiger partial charge in [-0.15, -0.1) is 0 Å². The summed E-state index contributed by atoms with van der Waals surface area (Å²) in [7, 11) is 5.94. The minimum Gasteiger partial charge on any atom is -0.390 e. The number of nitrogens with zero attached hydrogens (tertiary/aromatic N) is 2. The van der Waals surface area contributed by atoms with Crippen molar-refractivity contribution >= 4 is 5.91 Å². The number of carbonyl (C=O) groups excluding carboxylic acids is 1. The van der Waals surface area contributed by atoms with Crippen LogP contribution in [0.1, 0.15) is 47.3 Å². The summed E-state index contributed by atoms with van der Waals surface area (Å²) in [5.41, 5.74) is 3.47. The molecule has 0 atom stereocenters. The van der Waals surface area contributed by atoms with E-state index in [2.05, 4.69) is 17.0 Å². The van der Waals surface area contributed by atoms with Gasteiger partial charge in [0.15, 0.2) is 0 Å².